The van der Waals surface area contributed by atoms with Crippen molar-refractivity contribution in [1.29, 1.82) is 0 Å². The number of nitrogens with zero attached hydrogens (tertiary/aromatic N) is 2. The number of amides is 2. The number of halogens is 3. The van der Waals surface area contributed by atoms with Crippen molar-refractivity contribution in [2.45, 2.75) is 37.9 Å². The lowest BCUT2D eigenvalue weighted by atomic mass is 9.84. The van der Waals surface area contributed by atoms with Gasteiger partial charge in [0.1, 0.15) is 6.61 Å². The predicted octanol–water partition coefficient (Wildman–Crippen LogP) is 2.08. The van der Waals surface area contributed by atoms with Crippen molar-refractivity contribution in [2.24, 2.45) is 5.92 Å². The van der Waals surface area contributed by atoms with Gasteiger partial charge in [-0.2, -0.15) is 13.2 Å². The lowest BCUT2D eigenvalue weighted by Gasteiger charge is -2.46. The van der Waals surface area contributed by atoms with Crippen LogP contribution in [0, 0.1) is 5.92 Å². The highest BCUT2D eigenvalue weighted by atomic mass is 19.4. The predicted molar refractivity (Wildman–Crippen MR) is 80.2 cm³/mol. The molecule has 2 rings (SSSR count). The molecular formula is C15H26F3N3O2. The molecule has 0 aromatic rings. The molecule has 2 aliphatic rings. The number of ether oxygens (including phenoxy) is 1. The highest BCUT2D eigenvalue weighted by molar-refractivity contribution is 5.74. The molecule has 0 spiro atoms. The number of hydrogen-bond donors (Lipinski definition) is 1. The average Bonchev–Trinajstić information content (AvgIpc) is 2.48. The zero-order valence-corrected chi connectivity index (χ0v) is 13.6. The van der Waals surface area contributed by atoms with Crippen LogP contribution in [0.2, 0.25) is 0 Å². The highest BCUT2D eigenvalue weighted by Crippen LogP contribution is 2.30. The Balaban J connectivity index is 1.67. The number of fused-ring (bicyclic) bond motifs is 1. The molecule has 2 amide bonds. The number of urea groups is 1. The summed E-state index contributed by atoms with van der Waals surface area (Å²) in [4.78, 5) is 16.5. The van der Waals surface area contributed by atoms with Crippen LogP contribution in [-0.2, 0) is 4.74 Å². The van der Waals surface area contributed by atoms with Crippen LogP contribution in [-0.4, -0.2) is 74.5 Å². The fraction of sp³-hybridized carbons (Fsp3) is 0.933. The van der Waals surface area contributed by atoms with Crippen molar-refractivity contribution >= 4 is 6.03 Å². The SMILES string of the molecule is CN1CCC2C(CCCN2C(=O)NCCCOCC(F)(F)F)C1. The number of carbonyl (C=O) groups excluding carboxylic acids is 1. The van der Waals surface area contributed by atoms with Gasteiger partial charge in [-0.05, 0) is 45.2 Å². The standard InChI is InChI=1S/C15H26F3N3O2/c1-20-8-5-13-12(10-20)4-2-7-21(13)14(22)19-6-3-9-23-11-15(16,17)18/h12-13H,2-11H2,1H3,(H,19,22). The Labute approximate surface area is 135 Å². The van der Waals surface area contributed by atoms with Gasteiger partial charge in [-0.15, -0.1) is 0 Å². The first-order valence-electron chi connectivity index (χ1n) is 8.24. The molecule has 0 saturated carbocycles. The molecule has 134 valence electrons. The second-order valence-electron chi connectivity index (χ2n) is 6.47. The minimum atomic E-state index is -4.29. The van der Waals surface area contributed by atoms with Crippen molar-refractivity contribution in [3.8, 4) is 0 Å². The second kappa shape index (κ2) is 8.19. The first-order valence-corrected chi connectivity index (χ1v) is 8.24. The van der Waals surface area contributed by atoms with Gasteiger partial charge in [-0.25, -0.2) is 4.79 Å². The van der Waals surface area contributed by atoms with E-state index in [0.29, 0.717) is 24.9 Å². The highest BCUT2D eigenvalue weighted by Gasteiger charge is 2.37. The molecule has 2 unspecified atom stereocenters. The zero-order chi connectivity index (χ0) is 16.9. The summed E-state index contributed by atoms with van der Waals surface area (Å²) >= 11 is 0. The Hall–Kier alpha value is -1.02. The Morgan fingerprint density at radius 3 is 2.83 bits per heavy atom. The molecule has 0 aromatic carbocycles. The Morgan fingerprint density at radius 2 is 2.09 bits per heavy atom. The third-order valence-corrected chi connectivity index (χ3v) is 4.54. The Kier molecular flexibility index (Phi) is 6.52. The van der Waals surface area contributed by atoms with Crippen LogP contribution < -0.4 is 5.32 Å². The number of rotatable bonds is 5. The van der Waals surface area contributed by atoms with Crippen LogP contribution in [0.25, 0.3) is 0 Å². The Bertz CT molecular complexity index is 393. The lowest BCUT2D eigenvalue weighted by Crippen LogP contribution is -2.57. The summed E-state index contributed by atoms with van der Waals surface area (Å²) in [6.45, 7) is 1.89. The number of hydrogen-bond acceptors (Lipinski definition) is 3. The molecule has 2 aliphatic heterocycles. The summed E-state index contributed by atoms with van der Waals surface area (Å²) < 4.78 is 40.3. The van der Waals surface area contributed by atoms with Gasteiger partial charge in [0, 0.05) is 32.3 Å². The van der Waals surface area contributed by atoms with Crippen LogP contribution in [0.4, 0.5) is 18.0 Å². The van der Waals surface area contributed by atoms with E-state index >= 15 is 0 Å². The van der Waals surface area contributed by atoms with Crippen LogP contribution in [0.15, 0.2) is 0 Å². The summed E-state index contributed by atoms with van der Waals surface area (Å²) in [5.41, 5.74) is 0. The van der Waals surface area contributed by atoms with E-state index < -0.39 is 12.8 Å². The maximum atomic E-state index is 12.3. The van der Waals surface area contributed by atoms with Crippen LogP contribution in [0.3, 0.4) is 0 Å². The van der Waals surface area contributed by atoms with Crippen LogP contribution >= 0.6 is 0 Å². The van der Waals surface area contributed by atoms with Crippen molar-refractivity contribution in [3.63, 3.8) is 0 Å². The summed E-state index contributed by atoms with van der Waals surface area (Å²) in [5.74, 6) is 0.531. The molecule has 2 atom stereocenters. The molecule has 5 nitrogen and oxygen atoms in total. The molecule has 2 saturated heterocycles. The summed E-state index contributed by atoms with van der Waals surface area (Å²) in [6.07, 6.45) is -0.753. The molecule has 0 aliphatic carbocycles. The number of likely N-dealkylation sites (tertiary alicyclic amines) is 2. The number of nitrogens with one attached hydrogen (secondary N) is 1. The van der Waals surface area contributed by atoms with Gasteiger partial charge in [-0.3, -0.25) is 0 Å². The number of carbonyl (C=O) groups is 1. The van der Waals surface area contributed by atoms with Gasteiger partial charge in [0.2, 0.25) is 0 Å². The fourth-order valence-corrected chi connectivity index (χ4v) is 3.50. The third kappa shape index (κ3) is 5.84. The molecule has 2 fully saturated rings. The summed E-state index contributed by atoms with van der Waals surface area (Å²) in [6, 6.07) is 0.196. The molecule has 8 heteroatoms. The van der Waals surface area contributed by atoms with Crippen molar-refractivity contribution in [3.05, 3.63) is 0 Å². The van der Waals surface area contributed by atoms with E-state index in [0.717, 1.165) is 38.9 Å². The van der Waals surface area contributed by atoms with Gasteiger partial charge in [0.05, 0.1) is 0 Å². The van der Waals surface area contributed by atoms with E-state index in [1.807, 2.05) is 4.90 Å². The zero-order valence-electron chi connectivity index (χ0n) is 13.6. The number of alkyl halides is 3. The van der Waals surface area contributed by atoms with Crippen LogP contribution in [0.5, 0.6) is 0 Å². The molecule has 0 bridgehead atoms. The molecule has 23 heavy (non-hydrogen) atoms. The van der Waals surface area contributed by atoms with E-state index in [9.17, 15) is 18.0 Å². The molecule has 2 heterocycles. The maximum Gasteiger partial charge on any atom is 0.411 e. The average molecular weight is 337 g/mol. The minimum Gasteiger partial charge on any atom is -0.372 e. The monoisotopic (exact) mass is 337 g/mol. The van der Waals surface area contributed by atoms with E-state index in [-0.39, 0.29) is 12.6 Å². The minimum absolute atomic E-state index is 0.00334. The largest absolute Gasteiger partial charge is 0.411 e. The lowest BCUT2D eigenvalue weighted by molar-refractivity contribution is -0.173. The van der Waals surface area contributed by atoms with Crippen LogP contribution in [0.1, 0.15) is 25.7 Å². The molecular weight excluding hydrogens is 311 g/mol. The molecule has 1 N–H and O–H groups in total. The normalized spacial score (nSPS) is 26.0. The third-order valence-electron chi connectivity index (χ3n) is 4.54. The quantitative estimate of drug-likeness (QED) is 0.781. The van der Waals surface area contributed by atoms with Gasteiger partial charge >= 0.3 is 12.2 Å². The van der Waals surface area contributed by atoms with Crippen molar-refractivity contribution in [1.82, 2.24) is 15.1 Å². The smallest absolute Gasteiger partial charge is 0.372 e. The number of piperidine rings is 2. The first-order chi connectivity index (χ1) is 10.9. The second-order valence-corrected chi connectivity index (χ2v) is 6.47. The van der Waals surface area contributed by atoms with Gasteiger partial charge in [0.15, 0.2) is 0 Å². The van der Waals surface area contributed by atoms with Crippen molar-refractivity contribution < 1.29 is 22.7 Å². The van der Waals surface area contributed by atoms with Gasteiger partial charge < -0.3 is 19.9 Å². The van der Waals surface area contributed by atoms with E-state index in [2.05, 4.69) is 22.0 Å². The Morgan fingerprint density at radius 1 is 1.30 bits per heavy atom. The molecule has 0 aromatic heterocycles. The van der Waals surface area contributed by atoms with E-state index in [4.69, 9.17) is 0 Å². The van der Waals surface area contributed by atoms with Gasteiger partial charge in [-0.1, -0.05) is 0 Å². The maximum absolute atomic E-state index is 12.3. The van der Waals surface area contributed by atoms with Gasteiger partial charge in [0.25, 0.3) is 0 Å². The summed E-state index contributed by atoms with van der Waals surface area (Å²) in [7, 11) is 2.11. The topological polar surface area (TPSA) is 44.8 Å². The fourth-order valence-electron chi connectivity index (χ4n) is 3.50. The van der Waals surface area contributed by atoms with E-state index in [1.54, 1.807) is 0 Å². The first kappa shape index (κ1) is 18.3. The molecule has 0 radical (unpaired) electrons. The van der Waals surface area contributed by atoms with Crippen molar-refractivity contribution in [2.75, 3.05) is 46.4 Å². The summed E-state index contributed by atoms with van der Waals surface area (Å²) in [5, 5.41) is 2.81. The van der Waals surface area contributed by atoms with E-state index in [1.165, 1.54) is 0 Å².